The van der Waals surface area contributed by atoms with Crippen LogP contribution in [-0.2, 0) is 10.0 Å². The molecule has 0 atom stereocenters. The highest BCUT2D eigenvalue weighted by Crippen LogP contribution is 2.29. The monoisotopic (exact) mass is 390 g/mol. The molecule has 3 N–H and O–H groups in total. The fraction of sp³-hybridized carbons (Fsp3) is 0.0769. The van der Waals surface area contributed by atoms with E-state index in [0.717, 1.165) is 0 Å². The zero-order valence-corrected chi connectivity index (χ0v) is 14.1. The van der Waals surface area contributed by atoms with E-state index in [1.54, 1.807) is 18.2 Å². The predicted octanol–water partition coefficient (Wildman–Crippen LogP) is 3.49. The Labute approximate surface area is 136 Å². The van der Waals surface area contributed by atoms with E-state index in [2.05, 4.69) is 20.7 Å². The summed E-state index contributed by atoms with van der Waals surface area (Å²) in [6, 6.07) is 9.08. The molecule has 21 heavy (non-hydrogen) atoms. The molecular weight excluding hydrogens is 380 g/mol. The Morgan fingerprint density at radius 2 is 1.95 bits per heavy atom. The number of sulfonamides is 1. The fourth-order valence-corrected chi connectivity index (χ4v) is 3.33. The van der Waals surface area contributed by atoms with Crippen molar-refractivity contribution in [3.8, 4) is 5.75 Å². The topological polar surface area (TPSA) is 81.4 Å². The van der Waals surface area contributed by atoms with E-state index in [9.17, 15) is 8.42 Å². The van der Waals surface area contributed by atoms with E-state index in [4.69, 9.17) is 22.1 Å². The van der Waals surface area contributed by atoms with E-state index < -0.39 is 10.0 Å². The summed E-state index contributed by atoms with van der Waals surface area (Å²) in [5, 5.41) is 0.488. The number of benzene rings is 2. The molecule has 0 saturated carbocycles. The van der Waals surface area contributed by atoms with Gasteiger partial charge in [-0.25, -0.2) is 8.42 Å². The molecular formula is C13H12BrClN2O3S. The van der Waals surface area contributed by atoms with Crippen molar-refractivity contribution in [1.82, 2.24) is 0 Å². The number of anilines is 2. The third kappa shape index (κ3) is 3.61. The van der Waals surface area contributed by atoms with Gasteiger partial charge in [0.2, 0.25) is 0 Å². The second kappa shape index (κ2) is 6.13. The van der Waals surface area contributed by atoms with Crippen LogP contribution in [-0.4, -0.2) is 15.5 Å². The van der Waals surface area contributed by atoms with E-state index >= 15 is 0 Å². The summed E-state index contributed by atoms with van der Waals surface area (Å²) in [7, 11) is -2.31. The van der Waals surface area contributed by atoms with Crippen LogP contribution in [0.15, 0.2) is 45.8 Å². The molecule has 0 spiro atoms. The molecule has 8 heteroatoms. The van der Waals surface area contributed by atoms with Crippen molar-refractivity contribution in [3.63, 3.8) is 0 Å². The van der Waals surface area contributed by atoms with Crippen LogP contribution in [0.5, 0.6) is 5.75 Å². The van der Waals surface area contributed by atoms with E-state index in [1.165, 1.54) is 25.3 Å². The van der Waals surface area contributed by atoms with Gasteiger partial charge in [-0.1, -0.05) is 11.6 Å². The predicted molar refractivity (Wildman–Crippen MR) is 87.4 cm³/mol. The van der Waals surface area contributed by atoms with Crippen molar-refractivity contribution < 1.29 is 13.2 Å². The second-order valence-corrected chi connectivity index (χ2v) is 7.05. The fourth-order valence-electron chi connectivity index (χ4n) is 1.67. The summed E-state index contributed by atoms with van der Waals surface area (Å²) >= 11 is 9.10. The van der Waals surface area contributed by atoms with Crippen molar-refractivity contribution in [2.75, 3.05) is 17.6 Å². The zero-order chi connectivity index (χ0) is 15.6. The summed E-state index contributed by atoms with van der Waals surface area (Å²) in [5.41, 5.74) is 6.24. The van der Waals surface area contributed by atoms with Crippen LogP contribution in [0, 0.1) is 0 Å². The van der Waals surface area contributed by atoms with Crippen LogP contribution >= 0.6 is 27.5 Å². The molecule has 0 bridgehead atoms. The van der Waals surface area contributed by atoms with Gasteiger partial charge in [0, 0.05) is 10.5 Å². The van der Waals surface area contributed by atoms with Crippen LogP contribution in [0.25, 0.3) is 0 Å². The van der Waals surface area contributed by atoms with Gasteiger partial charge >= 0.3 is 0 Å². The molecule has 0 unspecified atom stereocenters. The van der Waals surface area contributed by atoms with Crippen molar-refractivity contribution in [1.29, 1.82) is 0 Å². The number of nitrogens with one attached hydrogen (secondary N) is 1. The third-order valence-corrected chi connectivity index (χ3v) is 5.35. The highest BCUT2D eigenvalue weighted by Gasteiger charge is 2.18. The maximum absolute atomic E-state index is 12.3. The lowest BCUT2D eigenvalue weighted by atomic mass is 10.3. The van der Waals surface area contributed by atoms with Gasteiger partial charge in [0.1, 0.15) is 10.6 Å². The first-order valence-corrected chi connectivity index (χ1v) is 8.40. The lowest BCUT2D eigenvalue weighted by Gasteiger charge is -2.11. The Balaban J connectivity index is 2.36. The molecule has 0 aliphatic rings. The highest BCUT2D eigenvalue weighted by atomic mass is 79.9. The molecule has 2 aromatic carbocycles. The van der Waals surface area contributed by atoms with Gasteiger partial charge in [0.15, 0.2) is 0 Å². The van der Waals surface area contributed by atoms with Gasteiger partial charge in [-0.2, -0.15) is 0 Å². The average Bonchev–Trinajstić information content (AvgIpc) is 2.42. The molecule has 112 valence electrons. The highest BCUT2D eigenvalue weighted by molar-refractivity contribution is 9.10. The van der Waals surface area contributed by atoms with Gasteiger partial charge in [-0.15, -0.1) is 0 Å². The maximum Gasteiger partial charge on any atom is 0.263 e. The molecule has 0 heterocycles. The SMILES string of the molecule is COc1ccc(S(=O)(=O)Nc2ccc(Cl)c(Br)c2)c(N)c1. The van der Waals surface area contributed by atoms with Crippen LogP contribution in [0.3, 0.4) is 0 Å². The van der Waals surface area contributed by atoms with Crippen LogP contribution in [0.4, 0.5) is 11.4 Å². The average molecular weight is 392 g/mol. The maximum atomic E-state index is 12.3. The molecule has 0 aromatic heterocycles. The van der Waals surface area contributed by atoms with Gasteiger partial charge in [0.05, 0.1) is 23.5 Å². The summed E-state index contributed by atoms with van der Waals surface area (Å²) in [4.78, 5) is -0.0191. The number of halogens is 2. The normalized spacial score (nSPS) is 11.2. The lowest BCUT2D eigenvalue weighted by Crippen LogP contribution is -2.14. The number of nitrogen functional groups attached to an aromatic ring is 1. The molecule has 2 rings (SSSR count). The zero-order valence-electron chi connectivity index (χ0n) is 10.9. The quantitative estimate of drug-likeness (QED) is 0.782. The minimum Gasteiger partial charge on any atom is -0.497 e. The smallest absolute Gasteiger partial charge is 0.263 e. The van der Waals surface area contributed by atoms with Crippen molar-refractivity contribution in [2.45, 2.75) is 4.90 Å². The Kier molecular flexibility index (Phi) is 4.65. The first-order chi connectivity index (χ1) is 9.83. The molecule has 0 fully saturated rings. The first-order valence-electron chi connectivity index (χ1n) is 5.75. The third-order valence-electron chi connectivity index (χ3n) is 2.68. The number of hydrogen-bond acceptors (Lipinski definition) is 4. The Morgan fingerprint density at radius 1 is 1.24 bits per heavy atom. The minimum absolute atomic E-state index is 0.0191. The molecule has 0 radical (unpaired) electrons. The van der Waals surface area contributed by atoms with Crippen molar-refractivity contribution >= 4 is 48.9 Å². The molecule has 0 amide bonds. The Hall–Kier alpha value is -1.44. The first kappa shape index (κ1) is 15.9. The molecule has 2 aromatic rings. The molecule has 5 nitrogen and oxygen atoms in total. The molecule has 0 aliphatic heterocycles. The van der Waals surface area contributed by atoms with E-state index in [1.807, 2.05) is 0 Å². The molecule has 0 saturated heterocycles. The van der Waals surface area contributed by atoms with Gasteiger partial charge in [0.25, 0.3) is 10.0 Å². The van der Waals surface area contributed by atoms with Gasteiger partial charge in [-0.3, -0.25) is 4.72 Å². The number of methoxy groups -OCH3 is 1. The minimum atomic E-state index is -3.79. The number of ether oxygens (including phenoxy) is 1. The summed E-state index contributed by atoms with van der Waals surface area (Å²) in [6.07, 6.45) is 0. The van der Waals surface area contributed by atoms with Crippen LogP contribution in [0.1, 0.15) is 0 Å². The number of hydrogen-bond donors (Lipinski definition) is 2. The molecule has 0 aliphatic carbocycles. The Bertz CT molecular complexity index is 781. The van der Waals surface area contributed by atoms with Crippen LogP contribution < -0.4 is 15.2 Å². The van der Waals surface area contributed by atoms with Crippen LogP contribution in [0.2, 0.25) is 5.02 Å². The lowest BCUT2D eigenvalue weighted by molar-refractivity contribution is 0.414. The van der Waals surface area contributed by atoms with Crippen molar-refractivity contribution in [2.24, 2.45) is 0 Å². The van der Waals surface area contributed by atoms with E-state index in [-0.39, 0.29) is 10.6 Å². The summed E-state index contributed by atoms with van der Waals surface area (Å²) < 4.78 is 32.7. The number of rotatable bonds is 4. The Morgan fingerprint density at radius 3 is 2.52 bits per heavy atom. The second-order valence-electron chi connectivity index (χ2n) is 4.14. The number of nitrogens with two attached hydrogens (primary N) is 1. The standard InChI is InChI=1S/C13H12BrClN2O3S/c1-20-9-3-5-13(12(16)7-9)21(18,19)17-8-2-4-11(15)10(14)6-8/h2-7,17H,16H2,1H3. The van der Waals surface area contributed by atoms with Crippen molar-refractivity contribution in [3.05, 3.63) is 45.9 Å². The van der Waals surface area contributed by atoms with E-state index in [0.29, 0.717) is 20.9 Å². The summed E-state index contributed by atoms with van der Waals surface area (Å²) in [5.74, 6) is 0.487. The largest absolute Gasteiger partial charge is 0.497 e. The van der Waals surface area contributed by atoms with Gasteiger partial charge < -0.3 is 10.5 Å². The summed E-state index contributed by atoms with van der Waals surface area (Å²) in [6.45, 7) is 0. The van der Waals surface area contributed by atoms with Gasteiger partial charge in [-0.05, 0) is 46.3 Å².